The standard InChI is InChI=1S/C52H42S2/c1-7-15-43(34-18-13-12-14-19-34)41(10-4)42(11-5)44(16-8-2)39-23-22-35-28-36(20-21-37(35)29-39)38-25-27-50-48(30-38)45-26-24-40-31-51-46(32-47(40)52(45)54-50)33(6)49(53-51)17-9-3/h7-32H,4-5H2,1-3,6H3/b15-7+,16-8+,17-9-,43-41+,44-42+. The van der Waals surface area contributed by atoms with Crippen LogP contribution in [0.5, 0.6) is 0 Å². The first-order chi connectivity index (χ1) is 26.5. The van der Waals surface area contributed by atoms with Gasteiger partial charge in [-0.05, 0) is 142 Å². The van der Waals surface area contributed by atoms with Gasteiger partial charge in [0, 0.05) is 35.1 Å². The Morgan fingerprint density at radius 3 is 1.91 bits per heavy atom. The first-order valence-electron chi connectivity index (χ1n) is 18.5. The third kappa shape index (κ3) is 6.22. The summed E-state index contributed by atoms with van der Waals surface area (Å²) in [6, 6.07) is 40.5. The second-order valence-corrected chi connectivity index (χ2v) is 15.8. The zero-order chi connectivity index (χ0) is 37.3. The lowest BCUT2D eigenvalue weighted by molar-refractivity contribution is 1.50. The first kappa shape index (κ1) is 35.2. The van der Waals surface area contributed by atoms with E-state index in [9.17, 15) is 0 Å². The Morgan fingerprint density at radius 1 is 0.519 bits per heavy atom. The van der Waals surface area contributed by atoms with Crippen LogP contribution in [-0.2, 0) is 0 Å². The van der Waals surface area contributed by atoms with E-state index in [2.05, 4.69) is 180 Å². The molecule has 0 saturated heterocycles. The molecule has 0 amide bonds. The molecule has 0 nitrogen and oxygen atoms in total. The summed E-state index contributed by atoms with van der Waals surface area (Å²) in [7, 11) is 0. The Kier molecular flexibility index (Phi) is 9.73. The van der Waals surface area contributed by atoms with Gasteiger partial charge in [0.05, 0.1) is 0 Å². The summed E-state index contributed by atoms with van der Waals surface area (Å²) in [6.45, 7) is 17.0. The van der Waals surface area contributed by atoms with Crippen LogP contribution in [0.25, 0.3) is 80.2 Å². The monoisotopic (exact) mass is 730 g/mol. The normalized spacial score (nSPS) is 13.3. The Balaban J connectivity index is 1.20. The molecule has 0 aliphatic carbocycles. The molecular weight excluding hydrogens is 689 g/mol. The van der Waals surface area contributed by atoms with Crippen LogP contribution in [0.4, 0.5) is 0 Å². The lowest BCUT2D eigenvalue weighted by atomic mass is 9.88. The van der Waals surface area contributed by atoms with E-state index < -0.39 is 0 Å². The largest absolute Gasteiger partial charge is 0.136 e. The number of thiophene rings is 2. The summed E-state index contributed by atoms with van der Waals surface area (Å²) < 4.78 is 4.04. The molecule has 0 unspecified atom stereocenters. The molecule has 2 heterocycles. The van der Waals surface area contributed by atoms with Crippen molar-refractivity contribution in [1.29, 1.82) is 0 Å². The summed E-state index contributed by atoms with van der Waals surface area (Å²) in [5.41, 5.74) is 10.4. The summed E-state index contributed by atoms with van der Waals surface area (Å²) in [5, 5.41) is 9.07. The van der Waals surface area contributed by atoms with E-state index in [-0.39, 0.29) is 0 Å². The lowest BCUT2D eigenvalue weighted by Gasteiger charge is -2.16. The quantitative estimate of drug-likeness (QED) is 0.130. The van der Waals surface area contributed by atoms with E-state index in [0.717, 1.165) is 33.4 Å². The molecule has 0 bridgehead atoms. The Labute approximate surface area is 326 Å². The van der Waals surface area contributed by atoms with Gasteiger partial charge in [0.2, 0.25) is 0 Å². The van der Waals surface area contributed by atoms with Gasteiger partial charge in [0.25, 0.3) is 0 Å². The fourth-order valence-corrected chi connectivity index (χ4v) is 10.2. The minimum Gasteiger partial charge on any atom is -0.136 e. The average Bonchev–Trinajstić information content (AvgIpc) is 3.73. The highest BCUT2D eigenvalue weighted by atomic mass is 32.1. The zero-order valence-corrected chi connectivity index (χ0v) is 32.9. The van der Waals surface area contributed by atoms with Crippen LogP contribution in [0.3, 0.4) is 0 Å². The van der Waals surface area contributed by atoms with E-state index in [0.29, 0.717) is 0 Å². The molecule has 262 valence electrons. The molecule has 0 atom stereocenters. The van der Waals surface area contributed by atoms with Gasteiger partial charge in [-0.1, -0.05) is 128 Å². The fraction of sp³-hybridized carbons (Fsp3) is 0.0769. The molecule has 0 aliphatic rings. The highest BCUT2D eigenvalue weighted by Gasteiger charge is 2.15. The smallest absolute Gasteiger partial charge is 0.0434 e. The molecule has 0 aliphatic heterocycles. The van der Waals surface area contributed by atoms with Gasteiger partial charge in [0.1, 0.15) is 0 Å². The van der Waals surface area contributed by atoms with Gasteiger partial charge in [-0.15, -0.1) is 22.7 Å². The maximum atomic E-state index is 4.28. The van der Waals surface area contributed by atoms with E-state index in [1.54, 1.807) is 0 Å². The molecular formula is C52H42S2. The van der Waals surface area contributed by atoms with Crippen LogP contribution in [0.2, 0.25) is 0 Å². The summed E-state index contributed by atoms with van der Waals surface area (Å²) >= 11 is 3.79. The van der Waals surface area contributed by atoms with E-state index in [4.69, 9.17) is 0 Å². The molecule has 2 aromatic heterocycles. The number of hydrogen-bond donors (Lipinski definition) is 0. The van der Waals surface area contributed by atoms with Crippen LogP contribution in [0, 0.1) is 6.92 Å². The van der Waals surface area contributed by atoms with Crippen molar-refractivity contribution in [3.05, 3.63) is 198 Å². The maximum absolute atomic E-state index is 4.28. The molecule has 8 aromatic rings. The molecule has 54 heavy (non-hydrogen) atoms. The van der Waals surface area contributed by atoms with Crippen molar-refractivity contribution < 1.29 is 0 Å². The fourth-order valence-electron chi connectivity index (χ4n) is 7.74. The molecule has 0 N–H and O–H groups in total. The SMILES string of the molecule is C=CC(/C(C=C)=C(\C=C\C)c1ccc2cc(-c3ccc4sc5c6cc7c(C)c(/C=C\C)sc7cc6ccc5c4c3)ccc2c1)=C(/C=C/C)c1ccccc1. The van der Waals surface area contributed by atoms with Gasteiger partial charge in [-0.3, -0.25) is 0 Å². The molecule has 2 heteroatoms. The highest BCUT2D eigenvalue weighted by molar-refractivity contribution is 7.26. The number of fused-ring (bicyclic) bond motifs is 7. The van der Waals surface area contributed by atoms with Crippen molar-refractivity contribution in [1.82, 2.24) is 0 Å². The van der Waals surface area contributed by atoms with Gasteiger partial charge in [0.15, 0.2) is 0 Å². The van der Waals surface area contributed by atoms with Crippen molar-refractivity contribution >= 4 is 91.7 Å². The Bertz CT molecular complexity index is 2930. The minimum absolute atomic E-state index is 1.05. The topological polar surface area (TPSA) is 0 Å². The van der Waals surface area contributed by atoms with E-state index >= 15 is 0 Å². The zero-order valence-electron chi connectivity index (χ0n) is 31.2. The third-order valence-corrected chi connectivity index (χ3v) is 12.8. The Morgan fingerprint density at radius 2 is 1.19 bits per heavy atom. The van der Waals surface area contributed by atoms with Crippen LogP contribution < -0.4 is 0 Å². The number of rotatable bonds is 9. The molecule has 0 saturated carbocycles. The maximum Gasteiger partial charge on any atom is 0.0434 e. The highest BCUT2D eigenvalue weighted by Crippen LogP contribution is 2.43. The number of aryl methyl sites for hydroxylation is 1. The number of benzene rings is 6. The first-order valence-corrected chi connectivity index (χ1v) is 20.1. The van der Waals surface area contributed by atoms with Crippen LogP contribution >= 0.6 is 22.7 Å². The second kappa shape index (κ2) is 14.9. The summed E-state index contributed by atoms with van der Waals surface area (Å²) in [5.74, 6) is 0. The second-order valence-electron chi connectivity index (χ2n) is 13.6. The molecule has 8 rings (SSSR count). The van der Waals surface area contributed by atoms with E-state index in [1.807, 2.05) is 40.9 Å². The summed E-state index contributed by atoms with van der Waals surface area (Å²) in [6.07, 6.45) is 16.8. The van der Waals surface area contributed by atoms with Crippen molar-refractivity contribution in [3.63, 3.8) is 0 Å². The van der Waals surface area contributed by atoms with Gasteiger partial charge >= 0.3 is 0 Å². The molecule has 0 fully saturated rings. The van der Waals surface area contributed by atoms with E-state index in [1.165, 1.54) is 73.4 Å². The van der Waals surface area contributed by atoms with Crippen molar-refractivity contribution in [3.8, 4) is 11.1 Å². The molecule has 0 radical (unpaired) electrons. The minimum atomic E-state index is 1.05. The van der Waals surface area contributed by atoms with Crippen molar-refractivity contribution in [2.45, 2.75) is 27.7 Å². The number of allylic oxidation sites excluding steroid dienone is 11. The lowest BCUT2D eigenvalue weighted by Crippen LogP contribution is -1.95. The van der Waals surface area contributed by atoms with Crippen LogP contribution in [0.1, 0.15) is 42.3 Å². The van der Waals surface area contributed by atoms with Crippen LogP contribution in [-0.4, -0.2) is 0 Å². The van der Waals surface area contributed by atoms with Gasteiger partial charge in [-0.25, -0.2) is 0 Å². The average molecular weight is 731 g/mol. The Hall–Kier alpha value is -5.80. The predicted molar refractivity (Wildman–Crippen MR) is 245 cm³/mol. The van der Waals surface area contributed by atoms with Gasteiger partial charge in [-0.2, -0.15) is 0 Å². The predicted octanol–water partition coefficient (Wildman–Crippen LogP) is 16.3. The molecule has 6 aromatic carbocycles. The van der Waals surface area contributed by atoms with Crippen molar-refractivity contribution in [2.75, 3.05) is 0 Å². The molecule has 0 spiro atoms. The third-order valence-electron chi connectivity index (χ3n) is 10.4. The summed E-state index contributed by atoms with van der Waals surface area (Å²) in [4.78, 5) is 1.35. The van der Waals surface area contributed by atoms with Gasteiger partial charge < -0.3 is 0 Å². The number of hydrogen-bond acceptors (Lipinski definition) is 2. The van der Waals surface area contributed by atoms with Crippen molar-refractivity contribution in [2.24, 2.45) is 0 Å². The van der Waals surface area contributed by atoms with Crippen LogP contribution in [0.15, 0.2) is 176 Å².